The lowest BCUT2D eigenvalue weighted by Gasteiger charge is -2.24. The Labute approximate surface area is 133 Å². The lowest BCUT2D eigenvalue weighted by atomic mass is 10.1. The fourth-order valence-corrected chi connectivity index (χ4v) is 2.58. The highest BCUT2D eigenvalue weighted by Gasteiger charge is 2.14. The lowest BCUT2D eigenvalue weighted by molar-refractivity contribution is 0.247. The van der Waals surface area contributed by atoms with Crippen LogP contribution in [0.5, 0.6) is 0 Å². The summed E-state index contributed by atoms with van der Waals surface area (Å²) in [6, 6.07) is 13.8. The van der Waals surface area contributed by atoms with E-state index < -0.39 is 0 Å². The summed E-state index contributed by atoms with van der Waals surface area (Å²) in [6.45, 7) is 2.53. The lowest BCUT2D eigenvalue weighted by Crippen LogP contribution is -2.25. The molecular weight excluding hydrogens is 293 g/mol. The molecule has 0 bridgehead atoms. The molecule has 5 heteroatoms. The molecule has 0 saturated carbocycles. The first kappa shape index (κ1) is 15.4. The molecule has 0 amide bonds. The molecule has 0 unspecified atom stereocenters. The highest BCUT2D eigenvalue weighted by Crippen LogP contribution is 2.20. The van der Waals surface area contributed by atoms with Crippen LogP contribution in [0, 0.1) is 5.82 Å². The number of benzene rings is 2. The second-order valence-electron chi connectivity index (χ2n) is 5.67. The second-order valence-corrected chi connectivity index (χ2v) is 5.67. The quantitative estimate of drug-likeness (QED) is 0.804. The first-order valence-corrected chi connectivity index (χ1v) is 7.48. The molecule has 1 heterocycles. The van der Waals surface area contributed by atoms with Gasteiger partial charge in [0.05, 0.1) is 17.4 Å². The van der Waals surface area contributed by atoms with Gasteiger partial charge in [-0.2, -0.15) is 0 Å². The molecule has 4 nitrogen and oxygen atoms in total. The highest BCUT2D eigenvalue weighted by molar-refractivity contribution is 5.77. The third kappa shape index (κ3) is 3.29. The molecule has 0 saturated heterocycles. The Bertz CT molecular complexity index is 873. The van der Waals surface area contributed by atoms with E-state index in [0.29, 0.717) is 23.3 Å². The zero-order valence-corrected chi connectivity index (χ0v) is 13.1. The van der Waals surface area contributed by atoms with Crippen LogP contribution in [-0.2, 0) is 6.54 Å². The van der Waals surface area contributed by atoms with E-state index in [1.54, 1.807) is 18.2 Å². The zero-order chi connectivity index (χ0) is 16.4. The number of H-pyrrole nitrogens is 1. The van der Waals surface area contributed by atoms with Crippen LogP contribution in [0.4, 0.5) is 4.39 Å². The third-order valence-corrected chi connectivity index (χ3v) is 4.07. The van der Waals surface area contributed by atoms with Gasteiger partial charge >= 0.3 is 0 Å². The molecule has 1 aromatic heterocycles. The molecule has 3 aromatic rings. The largest absolute Gasteiger partial charge is 0.309 e. The first-order valence-electron chi connectivity index (χ1n) is 7.48. The van der Waals surface area contributed by atoms with Gasteiger partial charge in [0.15, 0.2) is 0 Å². The SMILES string of the molecule is C[C@@H](c1ccc(F)cc1)N(C)Cc1nc2ccccc2c(=O)[nH]1. The van der Waals surface area contributed by atoms with Crippen molar-refractivity contribution in [2.75, 3.05) is 7.05 Å². The Balaban J connectivity index is 1.83. The van der Waals surface area contributed by atoms with E-state index in [9.17, 15) is 9.18 Å². The van der Waals surface area contributed by atoms with E-state index in [1.807, 2.05) is 32.2 Å². The van der Waals surface area contributed by atoms with Crippen LogP contribution in [-0.4, -0.2) is 21.9 Å². The third-order valence-electron chi connectivity index (χ3n) is 4.07. The summed E-state index contributed by atoms with van der Waals surface area (Å²) in [6.07, 6.45) is 0. The number of rotatable bonds is 4. The molecule has 0 aliphatic carbocycles. The fraction of sp³-hybridized carbons (Fsp3) is 0.222. The van der Waals surface area contributed by atoms with Crippen molar-refractivity contribution in [3.63, 3.8) is 0 Å². The molecule has 0 radical (unpaired) electrons. The van der Waals surface area contributed by atoms with Gasteiger partial charge in [0, 0.05) is 6.04 Å². The van der Waals surface area contributed by atoms with Crippen LogP contribution in [0.3, 0.4) is 0 Å². The summed E-state index contributed by atoms with van der Waals surface area (Å²) in [7, 11) is 1.95. The Morgan fingerprint density at radius 2 is 1.87 bits per heavy atom. The van der Waals surface area contributed by atoms with Crippen LogP contribution in [0.2, 0.25) is 0 Å². The number of nitrogens with one attached hydrogen (secondary N) is 1. The topological polar surface area (TPSA) is 49.0 Å². The van der Waals surface area contributed by atoms with Crippen LogP contribution < -0.4 is 5.56 Å². The summed E-state index contributed by atoms with van der Waals surface area (Å²) >= 11 is 0. The van der Waals surface area contributed by atoms with E-state index in [-0.39, 0.29) is 17.4 Å². The van der Waals surface area contributed by atoms with Crippen molar-refractivity contribution in [2.45, 2.75) is 19.5 Å². The van der Waals surface area contributed by atoms with E-state index in [1.165, 1.54) is 12.1 Å². The minimum Gasteiger partial charge on any atom is -0.309 e. The van der Waals surface area contributed by atoms with E-state index in [4.69, 9.17) is 0 Å². The van der Waals surface area contributed by atoms with Gasteiger partial charge in [-0.1, -0.05) is 24.3 Å². The molecule has 0 aliphatic heterocycles. The van der Waals surface area contributed by atoms with Crippen molar-refractivity contribution in [2.24, 2.45) is 0 Å². The number of nitrogens with zero attached hydrogens (tertiary/aromatic N) is 2. The average Bonchev–Trinajstić information content (AvgIpc) is 2.55. The Hall–Kier alpha value is -2.53. The van der Waals surface area contributed by atoms with Crippen LogP contribution in [0.15, 0.2) is 53.3 Å². The van der Waals surface area contributed by atoms with Gasteiger partial charge < -0.3 is 4.98 Å². The predicted molar refractivity (Wildman–Crippen MR) is 88.6 cm³/mol. The van der Waals surface area contributed by atoms with E-state index >= 15 is 0 Å². The molecule has 0 fully saturated rings. The predicted octanol–water partition coefficient (Wildman–Crippen LogP) is 3.26. The number of hydrogen-bond donors (Lipinski definition) is 1. The number of fused-ring (bicyclic) bond motifs is 1. The van der Waals surface area contributed by atoms with Crippen molar-refractivity contribution >= 4 is 10.9 Å². The van der Waals surface area contributed by atoms with Crippen molar-refractivity contribution in [1.82, 2.24) is 14.9 Å². The second kappa shape index (κ2) is 6.30. The first-order chi connectivity index (χ1) is 11.0. The zero-order valence-electron chi connectivity index (χ0n) is 13.1. The molecule has 0 spiro atoms. The van der Waals surface area contributed by atoms with Gasteiger partial charge in [-0.3, -0.25) is 9.69 Å². The Morgan fingerprint density at radius 3 is 2.61 bits per heavy atom. The molecule has 1 atom stereocenters. The van der Waals surface area contributed by atoms with Crippen molar-refractivity contribution in [3.8, 4) is 0 Å². The highest BCUT2D eigenvalue weighted by atomic mass is 19.1. The van der Waals surface area contributed by atoms with Gasteiger partial charge in [-0.25, -0.2) is 9.37 Å². The van der Waals surface area contributed by atoms with Crippen molar-refractivity contribution in [1.29, 1.82) is 0 Å². The van der Waals surface area contributed by atoms with Crippen molar-refractivity contribution in [3.05, 3.63) is 76.1 Å². The van der Waals surface area contributed by atoms with Gasteiger partial charge in [0.2, 0.25) is 0 Å². The maximum atomic E-state index is 13.0. The van der Waals surface area contributed by atoms with E-state index in [0.717, 1.165) is 5.56 Å². The van der Waals surface area contributed by atoms with Gasteiger partial charge in [-0.05, 0) is 43.8 Å². The summed E-state index contributed by atoms with van der Waals surface area (Å²) < 4.78 is 13.0. The standard InChI is InChI=1S/C18H18FN3O/c1-12(13-7-9-14(19)10-8-13)22(2)11-17-20-16-6-4-3-5-15(16)18(23)21-17/h3-10,12H,11H2,1-2H3,(H,20,21,23)/t12-/m0/s1. The summed E-state index contributed by atoms with van der Waals surface area (Å²) in [5, 5.41) is 0.588. The number of para-hydroxylation sites is 1. The number of hydrogen-bond acceptors (Lipinski definition) is 3. The molecule has 118 valence electrons. The van der Waals surface area contributed by atoms with Crippen LogP contribution in [0.1, 0.15) is 24.4 Å². The molecule has 23 heavy (non-hydrogen) atoms. The monoisotopic (exact) mass is 311 g/mol. The molecule has 2 aromatic carbocycles. The van der Waals surface area contributed by atoms with Crippen LogP contribution >= 0.6 is 0 Å². The summed E-state index contributed by atoms with van der Waals surface area (Å²) in [5.74, 6) is 0.370. The number of aromatic nitrogens is 2. The summed E-state index contributed by atoms with van der Waals surface area (Å²) in [4.78, 5) is 21.5. The Kier molecular flexibility index (Phi) is 4.21. The fourth-order valence-electron chi connectivity index (χ4n) is 2.58. The maximum Gasteiger partial charge on any atom is 0.258 e. The minimum absolute atomic E-state index is 0.0763. The summed E-state index contributed by atoms with van der Waals surface area (Å²) in [5.41, 5.74) is 1.57. The maximum absolute atomic E-state index is 13.0. The minimum atomic E-state index is -0.246. The normalized spacial score (nSPS) is 12.7. The van der Waals surface area contributed by atoms with E-state index in [2.05, 4.69) is 14.9 Å². The van der Waals surface area contributed by atoms with Crippen molar-refractivity contribution < 1.29 is 4.39 Å². The molecule has 0 aliphatic rings. The van der Waals surface area contributed by atoms with Gasteiger partial charge in [-0.15, -0.1) is 0 Å². The van der Waals surface area contributed by atoms with Gasteiger partial charge in [0.25, 0.3) is 5.56 Å². The Morgan fingerprint density at radius 1 is 1.17 bits per heavy atom. The molecular formula is C18H18FN3O. The molecule has 3 rings (SSSR count). The number of aromatic amines is 1. The van der Waals surface area contributed by atoms with Gasteiger partial charge in [0.1, 0.15) is 11.6 Å². The number of halogens is 1. The smallest absolute Gasteiger partial charge is 0.258 e. The average molecular weight is 311 g/mol. The molecule has 1 N–H and O–H groups in total. The van der Waals surface area contributed by atoms with Crippen LogP contribution in [0.25, 0.3) is 10.9 Å².